The number of hydrogen-bond donors (Lipinski definition) is 0. The minimum atomic E-state index is 0.548. The van der Waals surface area contributed by atoms with E-state index in [1.807, 2.05) is 55.6 Å². The molecule has 0 atom stereocenters. The third-order valence-electron chi connectivity index (χ3n) is 3.48. The van der Waals surface area contributed by atoms with Gasteiger partial charge in [-0.2, -0.15) is 5.06 Å². The SMILES string of the molecule is CN(Cc1coc(Cc2ccccc2)n1)OCc1ccccc1. The maximum Gasteiger partial charge on any atom is 0.198 e. The second-order valence-electron chi connectivity index (χ2n) is 5.44. The largest absolute Gasteiger partial charge is 0.448 e. The van der Waals surface area contributed by atoms with Crippen LogP contribution in [0.15, 0.2) is 71.3 Å². The third-order valence-corrected chi connectivity index (χ3v) is 3.48. The van der Waals surface area contributed by atoms with Gasteiger partial charge in [-0.25, -0.2) is 4.98 Å². The fraction of sp³-hybridized carbons (Fsp3) is 0.211. The molecule has 4 heteroatoms. The van der Waals surface area contributed by atoms with Gasteiger partial charge in [0, 0.05) is 13.5 Å². The highest BCUT2D eigenvalue weighted by Gasteiger charge is 2.08. The number of aromatic nitrogens is 1. The van der Waals surface area contributed by atoms with E-state index in [1.165, 1.54) is 5.56 Å². The first-order valence-electron chi connectivity index (χ1n) is 7.65. The van der Waals surface area contributed by atoms with E-state index < -0.39 is 0 Å². The molecule has 0 N–H and O–H groups in total. The van der Waals surface area contributed by atoms with Crippen molar-refractivity contribution < 1.29 is 9.25 Å². The molecule has 4 nitrogen and oxygen atoms in total. The molecule has 2 aromatic carbocycles. The van der Waals surface area contributed by atoms with Gasteiger partial charge in [0.25, 0.3) is 0 Å². The molecule has 0 aliphatic heterocycles. The molecule has 0 spiro atoms. The Kier molecular flexibility index (Phi) is 5.19. The van der Waals surface area contributed by atoms with E-state index in [1.54, 1.807) is 11.3 Å². The summed E-state index contributed by atoms with van der Waals surface area (Å²) in [5.41, 5.74) is 3.20. The number of oxazole rings is 1. The van der Waals surface area contributed by atoms with Crippen LogP contribution in [-0.4, -0.2) is 17.1 Å². The van der Waals surface area contributed by atoms with E-state index in [-0.39, 0.29) is 0 Å². The Morgan fingerprint density at radius 2 is 1.61 bits per heavy atom. The highest BCUT2D eigenvalue weighted by atomic mass is 16.7. The fourth-order valence-electron chi connectivity index (χ4n) is 2.31. The van der Waals surface area contributed by atoms with Gasteiger partial charge in [0.1, 0.15) is 6.26 Å². The molecule has 1 aromatic heterocycles. The zero-order valence-corrected chi connectivity index (χ0v) is 13.2. The minimum Gasteiger partial charge on any atom is -0.448 e. The summed E-state index contributed by atoms with van der Waals surface area (Å²) < 4.78 is 5.54. The van der Waals surface area contributed by atoms with Gasteiger partial charge >= 0.3 is 0 Å². The Morgan fingerprint density at radius 3 is 2.30 bits per heavy atom. The molecule has 0 saturated heterocycles. The lowest BCUT2D eigenvalue weighted by atomic mass is 10.1. The fourth-order valence-corrected chi connectivity index (χ4v) is 2.31. The lowest BCUT2D eigenvalue weighted by Gasteiger charge is -2.15. The van der Waals surface area contributed by atoms with E-state index in [9.17, 15) is 0 Å². The van der Waals surface area contributed by atoms with Crippen LogP contribution in [0.25, 0.3) is 0 Å². The Balaban J connectivity index is 1.50. The molecule has 3 aromatic rings. The molecule has 118 valence electrons. The van der Waals surface area contributed by atoms with Crippen molar-refractivity contribution in [1.29, 1.82) is 0 Å². The van der Waals surface area contributed by atoms with Crippen molar-refractivity contribution in [3.63, 3.8) is 0 Å². The molecule has 0 radical (unpaired) electrons. The molecular formula is C19H20N2O2. The highest BCUT2D eigenvalue weighted by Crippen LogP contribution is 2.11. The number of nitrogens with zero attached hydrogens (tertiary/aromatic N) is 2. The first kappa shape index (κ1) is 15.5. The molecule has 0 bridgehead atoms. The smallest absolute Gasteiger partial charge is 0.198 e. The van der Waals surface area contributed by atoms with Crippen molar-refractivity contribution in [3.05, 3.63) is 89.6 Å². The second kappa shape index (κ2) is 7.72. The summed E-state index contributed by atoms with van der Waals surface area (Å²) in [5, 5.41) is 1.77. The minimum absolute atomic E-state index is 0.548. The molecular weight excluding hydrogens is 288 g/mol. The van der Waals surface area contributed by atoms with Gasteiger partial charge in [-0.1, -0.05) is 60.7 Å². The molecule has 1 heterocycles. The second-order valence-corrected chi connectivity index (χ2v) is 5.44. The number of benzene rings is 2. The maximum absolute atomic E-state index is 5.71. The van der Waals surface area contributed by atoms with Crippen LogP contribution in [0.4, 0.5) is 0 Å². The van der Waals surface area contributed by atoms with Crippen molar-refractivity contribution in [3.8, 4) is 0 Å². The van der Waals surface area contributed by atoms with Crippen LogP contribution in [0, 0.1) is 0 Å². The van der Waals surface area contributed by atoms with E-state index in [4.69, 9.17) is 9.25 Å². The Labute approximate surface area is 136 Å². The lowest BCUT2D eigenvalue weighted by molar-refractivity contribution is -0.158. The van der Waals surface area contributed by atoms with E-state index in [2.05, 4.69) is 17.1 Å². The summed E-state index contributed by atoms with van der Waals surface area (Å²) in [6.45, 7) is 1.14. The van der Waals surface area contributed by atoms with Crippen LogP contribution < -0.4 is 0 Å². The van der Waals surface area contributed by atoms with Gasteiger partial charge in [-0.05, 0) is 11.1 Å². The van der Waals surface area contributed by atoms with Gasteiger partial charge in [0.05, 0.1) is 18.8 Å². The van der Waals surface area contributed by atoms with Crippen LogP contribution in [0.3, 0.4) is 0 Å². The van der Waals surface area contributed by atoms with Crippen molar-refractivity contribution in [2.45, 2.75) is 19.6 Å². The summed E-state index contributed by atoms with van der Waals surface area (Å²) >= 11 is 0. The Bertz CT molecular complexity index is 711. The first-order chi connectivity index (χ1) is 11.3. The normalized spacial score (nSPS) is 11.0. The monoisotopic (exact) mass is 308 g/mol. The summed E-state index contributed by atoms with van der Waals surface area (Å²) in [7, 11) is 1.90. The molecule has 0 aliphatic rings. The molecule has 3 rings (SSSR count). The Morgan fingerprint density at radius 1 is 0.957 bits per heavy atom. The first-order valence-corrected chi connectivity index (χ1v) is 7.65. The van der Waals surface area contributed by atoms with Crippen LogP contribution in [-0.2, 0) is 24.4 Å². The standard InChI is InChI=1S/C19H20N2O2/c1-21(23-14-17-10-6-3-7-11-17)13-18-15-22-19(20-18)12-16-8-4-2-5-9-16/h2-11,15H,12-14H2,1H3. The lowest BCUT2D eigenvalue weighted by Crippen LogP contribution is -2.18. The van der Waals surface area contributed by atoms with Crippen molar-refractivity contribution >= 4 is 0 Å². The topological polar surface area (TPSA) is 38.5 Å². The van der Waals surface area contributed by atoms with Crippen LogP contribution in [0.1, 0.15) is 22.7 Å². The average Bonchev–Trinajstić information content (AvgIpc) is 3.02. The van der Waals surface area contributed by atoms with Gasteiger partial charge in [0.15, 0.2) is 5.89 Å². The van der Waals surface area contributed by atoms with Gasteiger partial charge < -0.3 is 4.42 Å². The Hall–Kier alpha value is -2.43. The molecule has 0 unspecified atom stereocenters. The zero-order valence-electron chi connectivity index (χ0n) is 13.2. The highest BCUT2D eigenvalue weighted by molar-refractivity contribution is 5.18. The summed E-state index contributed by atoms with van der Waals surface area (Å²) in [6.07, 6.45) is 2.40. The quantitative estimate of drug-likeness (QED) is 0.622. The predicted octanol–water partition coefficient (Wildman–Crippen LogP) is 3.83. The molecule has 0 saturated carbocycles. The van der Waals surface area contributed by atoms with E-state index >= 15 is 0 Å². The number of rotatable bonds is 7. The van der Waals surface area contributed by atoms with Gasteiger partial charge in [0.2, 0.25) is 0 Å². The zero-order chi connectivity index (χ0) is 15.9. The summed E-state index contributed by atoms with van der Waals surface area (Å²) in [5.74, 6) is 0.725. The van der Waals surface area contributed by atoms with Gasteiger partial charge in [-0.15, -0.1) is 0 Å². The van der Waals surface area contributed by atoms with Crippen LogP contribution in [0.5, 0.6) is 0 Å². The van der Waals surface area contributed by atoms with Crippen molar-refractivity contribution in [2.24, 2.45) is 0 Å². The summed E-state index contributed by atoms with van der Waals surface area (Å²) in [6, 6.07) is 20.3. The molecule has 23 heavy (non-hydrogen) atoms. The average molecular weight is 308 g/mol. The molecule has 0 aliphatic carbocycles. The number of hydrogen-bond acceptors (Lipinski definition) is 4. The maximum atomic E-state index is 5.71. The summed E-state index contributed by atoms with van der Waals surface area (Å²) in [4.78, 5) is 10.2. The predicted molar refractivity (Wildman–Crippen MR) is 88.4 cm³/mol. The van der Waals surface area contributed by atoms with Crippen LogP contribution in [0.2, 0.25) is 0 Å². The van der Waals surface area contributed by atoms with Crippen LogP contribution >= 0.6 is 0 Å². The van der Waals surface area contributed by atoms with Gasteiger partial charge in [-0.3, -0.25) is 4.84 Å². The van der Waals surface area contributed by atoms with Crippen molar-refractivity contribution in [1.82, 2.24) is 10.0 Å². The van der Waals surface area contributed by atoms with E-state index in [0.717, 1.165) is 17.1 Å². The van der Waals surface area contributed by atoms with E-state index in [0.29, 0.717) is 19.6 Å². The van der Waals surface area contributed by atoms with Crippen molar-refractivity contribution in [2.75, 3.05) is 7.05 Å². The number of hydroxylamine groups is 2. The molecule has 0 amide bonds. The third kappa shape index (κ3) is 4.77. The molecule has 0 fully saturated rings.